The summed E-state index contributed by atoms with van der Waals surface area (Å²) in [7, 11) is 1.69. The number of hydrogen-bond acceptors (Lipinski definition) is 8. The highest BCUT2D eigenvalue weighted by atomic mass is 16.3. The number of nitrogens with one attached hydrogen (secondary N) is 2. The summed E-state index contributed by atoms with van der Waals surface area (Å²) < 4.78 is 1.50. The predicted octanol–water partition coefficient (Wildman–Crippen LogP) is -0.356. The predicted molar refractivity (Wildman–Crippen MR) is 77.3 cm³/mol. The minimum Gasteiger partial charge on any atom is -0.394 e. The van der Waals surface area contributed by atoms with Gasteiger partial charge in [0.15, 0.2) is 0 Å². The SMILES string of the molecule is CCC(CO)(CO)Nc1nc(NC)nc(-n2cccn2)n1. The van der Waals surface area contributed by atoms with Crippen LogP contribution >= 0.6 is 0 Å². The van der Waals surface area contributed by atoms with Crippen molar-refractivity contribution in [2.24, 2.45) is 0 Å². The van der Waals surface area contributed by atoms with E-state index in [1.807, 2.05) is 6.92 Å². The minimum absolute atomic E-state index is 0.238. The van der Waals surface area contributed by atoms with E-state index in [0.29, 0.717) is 18.3 Å². The van der Waals surface area contributed by atoms with Crippen LogP contribution in [0.4, 0.5) is 11.9 Å². The summed E-state index contributed by atoms with van der Waals surface area (Å²) in [5, 5.41) is 28.9. The quantitative estimate of drug-likeness (QED) is 0.546. The Bertz CT molecular complexity index is 561. The van der Waals surface area contributed by atoms with E-state index in [9.17, 15) is 10.2 Å². The number of nitrogens with zero attached hydrogens (tertiary/aromatic N) is 5. The Hall–Kier alpha value is -2.26. The van der Waals surface area contributed by atoms with Gasteiger partial charge in [0.1, 0.15) is 0 Å². The van der Waals surface area contributed by atoms with Crippen molar-refractivity contribution >= 4 is 11.9 Å². The Kier molecular flexibility index (Phi) is 4.66. The molecule has 0 aliphatic heterocycles. The molecule has 0 bridgehead atoms. The van der Waals surface area contributed by atoms with Gasteiger partial charge in [0.05, 0.1) is 18.8 Å². The molecule has 0 amide bonds. The van der Waals surface area contributed by atoms with Gasteiger partial charge in [-0.3, -0.25) is 0 Å². The third-order valence-corrected chi connectivity index (χ3v) is 3.22. The summed E-state index contributed by atoms with van der Waals surface area (Å²) in [6.45, 7) is 1.38. The van der Waals surface area contributed by atoms with Crippen molar-refractivity contribution in [1.82, 2.24) is 24.7 Å². The molecule has 0 unspecified atom stereocenters. The normalized spacial score (nSPS) is 11.4. The fourth-order valence-corrected chi connectivity index (χ4v) is 1.70. The molecule has 0 saturated carbocycles. The molecule has 0 aromatic carbocycles. The molecular weight excluding hydrogens is 274 g/mol. The molecule has 21 heavy (non-hydrogen) atoms. The highest BCUT2D eigenvalue weighted by Crippen LogP contribution is 2.17. The summed E-state index contributed by atoms with van der Waals surface area (Å²) in [6, 6.07) is 1.76. The van der Waals surface area contributed by atoms with Crippen molar-refractivity contribution in [1.29, 1.82) is 0 Å². The third kappa shape index (κ3) is 3.26. The average molecular weight is 293 g/mol. The Morgan fingerprint density at radius 2 is 1.90 bits per heavy atom. The highest BCUT2D eigenvalue weighted by molar-refractivity contribution is 5.39. The largest absolute Gasteiger partial charge is 0.394 e. The van der Waals surface area contributed by atoms with Gasteiger partial charge in [-0.05, 0) is 12.5 Å². The van der Waals surface area contributed by atoms with Gasteiger partial charge >= 0.3 is 0 Å². The van der Waals surface area contributed by atoms with Gasteiger partial charge < -0.3 is 20.8 Å². The van der Waals surface area contributed by atoms with Crippen molar-refractivity contribution in [3.8, 4) is 5.95 Å². The molecular formula is C12H19N7O2. The van der Waals surface area contributed by atoms with Crippen molar-refractivity contribution in [2.45, 2.75) is 18.9 Å². The van der Waals surface area contributed by atoms with E-state index < -0.39 is 5.54 Å². The molecule has 0 aliphatic rings. The standard InChI is InChI=1S/C12H19N7O2/c1-3-12(7-20,8-21)18-10-15-9(13-2)16-11(17-10)19-6-4-5-14-19/h4-6,20-21H,3,7-8H2,1-2H3,(H2,13,15,16,17,18). The Morgan fingerprint density at radius 3 is 2.43 bits per heavy atom. The topological polar surface area (TPSA) is 121 Å². The number of aliphatic hydroxyl groups is 2. The van der Waals surface area contributed by atoms with Crippen LogP contribution in [-0.2, 0) is 0 Å². The lowest BCUT2D eigenvalue weighted by molar-refractivity contribution is 0.132. The maximum Gasteiger partial charge on any atom is 0.257 e. The summed E-state index contributed by atoms with van der Waals surface area (Å²) in [5.41, 5.74) is -0.881. The van der Waals surface area contributed by atoms with Gasteiger partial charge in [-0.25, -0.2) is 4.68 Å². The maximum atomic E-state index is 9.49. The molecule has 9 nitrogen and oxygen atoms in total. The molecule has 2 aromatic heterocycles. The first-order chi connectivity index (χ1) is 10.2. The first kappa shape index (κ1) is 15.1. The average Bonchev–Trinajstić information content (AvgIpc) is 3.07. The van der Waals surface area contributed by atoms with Crippen LogP contribution in [0.5, 0.6) is 0 Å². The van der Waals surface area contributed by atoms with Gasteiger partial charge in [-0.1, -0.05) is 6.92 Å². The maximum absolute atomic E-state index is 9.49. The molecule has 2 aromatic rings. The van der Waals surface area contributed by atoms with Crippen LogP contribution < -0.4 is 10.6 Å². The first-order valence-corrected chi connectivity index (χ1v) is 6.60. The lowest BCUT2D eigenvalue weighted by atomic mass is 9.99. The van der Waals surface area contributed by atoms with E-state index in [4.69, 9.17) is 0 Å². The van der Waals surface area contributed by atoms with Crippen LogP contribution in [0.25, 0.3) is 5.95 Å². The van der Waals surface area contributed by atoms with Gasteiger partial charge in [0.2, 0.25) is 11.9 Å². The van der Waals surface area contributed by atoms with Gasteiger partial charge in [-0.15, -0.1) is 0 Å². The molecule has 9 heteroatoms. The lowest BCUT2D eigenvalue weighted by Crippen LogP contribution is -2.45. The second-order valence-electron chi connectivity index (χ2n) is 4.56. The van der Waals surface area contributed by atoms with Crippen LogP contribution in [0.3, 0.4) is 0 Å². The highest BCUT2D eigenvalue weighted by Gasteiger charge is 2.27. The van der Waals surface area contributed by atoms with E-state index in [2.05, 4.69) is 30.7 Å². The van der Waals surface area contributed by atoms with Crippen molar-refractivity contribution in [3.63, 3.8) is 0 Å². The van der Waals surface area contributed by atoms with Crippen molar-refractivity contribution in [2.75, 3.05) is 30.9 Å². The number of aromatic nitrogens is 5. The second-order valence-corrected chi connectivity index (χ2v) is 4.56. The van der Waals surface area contributed by atoms with Crippen LogP contribution in [0, 0.1) is 0 Å². The van der Waals surface area contributed by atoms with Gasteiger partial charge in [0, 0.05) is 19.4 Å². The summed E-state index contributed by atoms with van der Waals surface area (Å²) in [5.74, 6) is 0.950. The fraction of sp³-hybridized carbons (Fsp3) is 0.500. The van der Waals surface area contributed by atoms with E-state index in [-0.39, 0.29) is 19.2 Å². The molecule has 0 spiro atoms. The molecule has 0 radical (unpaired) electrons. The van der Waals surface area contributed by atoms with Crippen molar-refractivity contribution < 1.29 is 10.2 Å². The molecule has 0 saturated heterocycles. The number of hydrogen-bond donors (Lipinski definition) is 4. The number of aliphatic hydroxyl groups excluding tert-OH is 2. The smallest absolute Gasteiger partial charge is 0.257 e. The van der Waals surface area contributed by atoms with Crippen LogP contribution in [-0.4, -0.2) is 60.7 Å². The zero-order valence-electron chi connectivity index (χ0n) is 12.0. The van der Waals surface area contributed by atoms with E-state index in [1.165, 1.54) is 4.68 Å². The monoisotopic (exact) mass is 293 g/mol. The zero-order valence-corrected chi connectivity index (χ0v) is 12.0. The molecule has 0 aliphatic carbocycles. The van der Waals surface area contributed by atoms with E-state index in [0.717, 1.165) is 0 Å². The molecule has 0 fully saturated rings. The fourth-order valence-electron chi connectivity index (χ4n) is 1.70. The second kappa shape index (κ2) is 6.46. The van der Waals surface area contributed by atoms with Crippen LogP contribution in [0.15, 0.2) is 18.5 Å². The van der Waals surface area contributed by atoms with Crippen molar-refractivity contribution in [3.05, 3.63) is 18.5 Å². The van der Waals surface area contributed by atoms with Gasteiger partial charge in [-0.2, -0.15) is 20.1 Å². The number of rotatable bonds is 7. The number of anilines is 2. The minimum atomic E-state index is -0.881. The first-order valence-electron chi connectivity index (χ1n) is 6.60. The lowest BCUT2D eigenvalue weighted by Gasteiger charge is -2.29. The molecule has 114 valence electrons. The van der Waals surface area contributed by atoms with E-state index >= 15 is 0 Å². The van der Waals surface area contributed by atoms with Gasteiger partial charge in [0.25, 0.3) is 5.95 Å². The Balaban J connectivity index is 2.37. The van der Waals surface area contributed by atoms with Crippen LogP contribution in [0.1, 0.15) is 13.3 Å². The molecule has 4 N–H and O–H groups in total. The Labute approximate surface area is 122 Å². The molecule has 2 rings (SSSR count). The molecule has 0 atom stereocenters. The summed E-state index contributed by atoms with van der Waals surface area (Å²) >= 11 is 0. The molecule has 2 heterocycles. The summed E-state index contributed by atoms with van der Waals surface area (Å²) in [4.78, 5) is 12.6. The zero-order chi connectivity index (χ0) is 15.3. The Morgan fingerprint density at radius 1 is 1.19 bits per heavy atom. The van der Waals surface area contributed by atoms with Crippen LogP contribution in [0.2, 0.25) is 0 Å². The third-order valence-electron chi connectivity index (χ3n) is 3.22. The summed E-state index contributed by atoms with van der Waals surface area (Å²) in [6.07, 6.45) is 3.84. The van der Waals surface area contributed by atoms with E-state index in [1.54, 1.807) is 25.5 Å².